The summed E-state index contributed by atoms with van der Waals surface area (Å²) in [5.41, 5.74) is 0. The predicted molar refractivity (Wildman–Crippen MR) is 61.1 cm³/mol. The summed E-state index contributed by atoms with van der Waals surface area (Å²) in [5, 5.41) is 7.59. The minimum absolute atomic E-state index is 0.247. The Morgan fingerprint density at radius 3 is 2.61 bits per heavy atom. The number of unbranched alkanes of at least 4 members (excludes halogenated alkanes) is 1. The Hall–Kier alpha value is -1.18. The summed E-state index contributed by atoms with van der Waals surface area (Å²) in [6.07, 6.45) is 1.13. The molecule has 6 nitrogen and oxygen atoms in total. The van der Waals surface area contributed by atoms with Gasteiger partial charge < -0.3 is 10.0 Å². The van der Waals surface area contributed by atoms with E-state index in [0.29, 0.717) is 6.42 Å². The minimum atomic E-state index is -4.80. The Kier molecular flexibility index (Phi) is 4.66. The van der Waals surface area contributed by atoms with Crippen LogP contribution in [0.5, 0.6) is 0 Å². The molecule has 0 spiro atoms. The summed E-state index contributed by atoms with van der Waals surface area (Å²) in [4.78, 5) is 23.6. The molecule has 18 heavy (non-hydrogen) atoms. The van der Waals surface area contributed by atoms with Crippen LogP contribution in [0.15, 0.2) is 0 Å². The highest BCUT2D eigenvalue weighted by Crippen LogP contribution is 2.23. The van der Waals surface area contributed by atoms with Gasteiger partial charge in [-0.15, -0.1) is 3.89 Å². The van der Waals surface area contributed by atoms with Gasteiger partial charge in [-0.25, -0.2) is 4.79 Å². The highest BCUT2D eigenvalue weighted by atomic mass is 32.3. The average molecular weight is 281 g/mol. The van der Waals surface area contributed by atoms with Crippen LogP contribution in [0.1, 0.15) is 32.6 Å². The molecular weight excluding hydrogens is 265 g/mol. The molecule has 104 valence electrons. The standard InChI is InChI=1S/C10H16FNO5S/c1-2-3-4-8(10(14)15)12-6-7(5-9(12)13)18(11,16)17/h7-8H,2-6H2,1H3,(H,14,15). The number of halogens is 1. The molecule has 0 aromatic carbocycles. The van der Waals surface area contributed by atoms with Crippen LogP contribution in [0.4, 0.5) is 3.89 Å². The molecule has 8 heteroatoms. The predicted octanol–water partition coefficient (Wildman–Crippen LogP) is 0.530. The smallest absolute Gasteiger partial charge is 0.326 e. The zero-order chi connectivity index (χ0) is 13.9. The van der Waals surface area contributed by atoms with Gasteiger partial charge in [0.2, 0.25) is 5.91 Å². The van der Waals surface area contributed by atoms with Crippen LogP contribution in [-0.4, -0.2) is 48.1 Å². The molecule has 1 N–H and O–H groups in total. The fraction of sp³-hybridized carbons (Fsp3) is 0.800. The topological polar surface area (TPSA) is 91.8 Å². The second-order valence-corrected chi connectivity index (χ2v) is 5.96. The lowest BCUT2D eigenvalue weighted by molar-refractivity contribution is -0.148. The average Bonchev–Trinajstić information content (AvgIpc) is 2.60. The molecule has 0 saturated carbocycles. The van der Waals surface area contributed by atoms with Crippen molar-refractivity contribution in [3.05, 3.63) is 0 Å². The lowest BCUT2D eigenvalue weighted by Gasteiger charge is -2.24. The van der Waals surface area contributed by atoms with Crippen molar-refractivity contribution in [2.24, 2.45) is 0 Å². The summed E-state index contributed by atoms with van der Waals surface area (Å²) in [6.45, 7) is 1.50. The number of likely N-dealkylation sites (tertiary alicyclic amines) is 1. The van der Waals surface area contributed by atoms with E-state index in [-0.39, 0.29) is 13.0 Å². The summed E-state index contributed by atoms with van der Waals surface area (Å²) < 4.78 is 34.3. The van der Waals surface area contributed by atoms with Gasteiger partial charge in [-0.2, -0.15) is 8.42 Å². The van der Waals surface area contributed by atoms with Gasteiger partial charge in [0.1, 0.15) is 11.3 Å². The van der Waals surface area contributed by atoms with Gasteiger partial charge in [-0.3, -0.25) is 4.79 Å². The number of carbonyl (C=O) groups excluding carboxylic acids is 1. The number of amides is 1. The van der Waals surface area contributed by atoms with Crippen molar-refractivity contribution in [3.8, 4) is 0 Å². The van der Waals surface area contributed by atoms with Crippen molar-refractivity contribution < 1.29 is 27.0 Å². The Labute approximate surface area is 105 Å². The first-order valence-electron chi connectivity index (χ1n) is 5.73. The van der Waals surface area contributed by atoms with Crippen molar-refractivity contribution in [1.29, 1.82) is 0 Å². The van der Waals surface area contributed by atoms with Gasteiger partial charge >= 0.3 is 16.2 Å². The van der Waals surface area contributed by atoms with Crippen molar-refractivity contribution in [2.75, 3.05) is 6.54 Å². The molecule has 1 amide bonds. The maximum Gasteiger partial charge on any atom is 0.326 e. The van der Waals surface area contributed by atoms with Gasteiger partial charge in [0, 0.05) is 13.0 Å². The van der Waals surface area contributed by atoms with Crippen LogP contribution >= 0.6 is 0 Å². The Morgan fingerprint density at radius 1 is 1.61 bits per heavy atom. The number of hydrogen-bond donors (Lipinski definition) is 1. The van der Waals surface area contributed by atoms with E-state index in [1.165, 1.54) is 0 Å². The number of aliphatic carboxylic acids is 1. The Balaban J connectivity index is 2.81. The van der Waals surface area contributed by atoms with Crippen LogP contribution < -0.4 is 0 Å². The van der Waals surface area contributed by atoms with Gasteiger partial charge in [0.05, 0.1) is 0 Å². The van der Waals surface area contributed by atoms with Crippen LogP contribution in [-0.2, 0) is 19.8 Å². The molecule has 1 rings (SSSR count). The molecule has 1 fully saturated rings. The molecule has 1 aliphatic heterocycles. The molecule has 0 aromatic rings. The highest BCUT2D eigenvalue weighted by Gasteiger charge is 2.42. The minimum Gasteiger partial charge on any atom is -0.480 e. The van der Waals surface area contributed by atoms with Gasteiger partial charge in [0.15, 0.2) is 0 Å². The Bertz CT molecular complexity index is 436. The van der Waals surface area contributed by atoms with E-state index >= 15 is 0 Å². The maximum atomic E-state index is 12.8. The van der Waals surface area contributed by atoms with Crippen molar-refractivity contribution in [1.82, 2.24) is 4.90 Å². The molecule has 1 heterocycles. The first kappa shape index (κ1) is 14.9. The number of carboxylic acids is 1. The molecule has 0 radical (unpaired) electrons. The summed E-state index contributed by atoms with van der Waals surface area (Å²) in [6, 6.07) is -1.07. The fourth-order valence-corrected chi connectivity index (χ4v) is 2.68. The van der Waals surface area contributed by atoms with Crippen LogP contribution in [0.3, 0.4) is 0 Å². The SMILES string of the molecule is CCCCC(C(=O)O)N1CC(S(=O)(=O)F)CC1=O. The van der Waals surface area contributed by atoms with Gasteiger partial charge in [0.25, 0.3) is 0 Å². The zero-order valence-electron chi connectivity index (χ0n) is 10.0. The van der Waals surface area contributed by atoms with Gasteiger partial charge in [-0.05, 0) is 6.42 Å². The second-order valence-electron chi connectivity index (χ2n) is 4.34. The first-order valence-corrected chi connectivity index (χ1v) is 7.17. The second kappa shape index (κ2) is 5.64. The largest absolute Gasteiger partial charge is 0.480 e. The van der Waals surface area contributed by atoms with E-state index in [9.17, 15) is 21.9 Å². The van der Waals surface area contributed by atoms with Crippen LogP contribution in [0.25, 0.3) is 0 Å². The monoisotopic (exact) mass is 281 g/mol. The zero-order valence-corrected chi connectivity index (χ0v) is 10.8. The van der Waals surface area contributed by atoms with E-state index in [1.54, 1.807) is 0 Å². The van der Waals surface area contributed by atoms with E-state index in [2.05, 4.69) is 0 Å². The van der Waals surface area contributed by atoms with Crippen molar-refractivity contribution >= 4 is 22.1 Å². The third-order valence-corrected chi connectivity index (χ3v) is 4.13. The van der Waals surface area contributed by atoms with E-state index in [4.69, 9.17) is 5.11 Å². The molecule has 2 unspecified atom stereocenters. The number of rotatable bonds is 6. The lowest BCUT2D eigenvalue weighted by atomic mass is 10.1. The Morgan fingerprint density at radius 2 is 2.22 bits per heavy atom. The fourth-order valence-electron chi connectivity index (χ4n) is 2.00. The summed E-state index contributed by atoms with van der Waals surface area (Å²) >= 11 is 0. The van der Waals surface area contributed by atoms with Crippen LogP contribution in [0, 0.1) is 0 Å². The number of nitrogens with zero attached hydrogens (tertiary/aromatic N) is 1. The van der Waals surface area contributed by atoms with E-state index < -0.39 is 39.8 Å². The van der Waals surface area contributed by atoms with Gasteiger partial charge in [-0.1, -0.05) is 19.8 Å². The summed E-state index contributed by atoms with van der Waals surface area (Å²) in [5.74, 6) is -1.81. The molecule has 2 atom stereocenters. The number of carbonyl (C=O) groups is 2. The molecule has 0 aliphatic carbocycles. The first-order chi connectivity index (χ1) is 8.27. The lowest BCUT2D eigenvalue weighted by Crippen LogP contribution is -2.42. The van der Waals surface area contributed by atoms with Crippen molar-refractivity contribution in [2.45, 2.75) is 43.9 Å². The number of carboxylic acid groups (broad SMARTS) is 1. The van der Waals surface area contributed by atoms with E-state index in [1.807, 2.05) is 6.92 Å². The summed E-state index contributed by atoms with van der Waals surface area (Å²) in [7, 11) is -4.80. The van der Waals surface area contributed by atoms with Crippen molar-refractivity contribution in [3.63, 3.8) is 0 Å². The third kappa shape index (κ3) is 3.41. The number of hydrogen-bond acceptors (Lipinski definition) is 4. The van der Waals surface area contributed by atoms with Crippen LogP contribution in [0.2, 0.25) is 0 Å². The third-order valence-electron chi connectivity index (χ3n) is 3.01. The maximum absolute atomic E-state index is 12.8. The molecular formula is C10H16FNO5S. The molecule has 0 aromatic heterocycles. The van der Waals surface area contributed by atoms with E-state index in [0.717, 1.165) is 11.3 Å². The molecule has 1 saturated heterocycles. The molecule has 0 bridgehead atoms. The normalized spacial score (nSPS) is 22.2. The quantitative estimate of drug-likeness (QED) is 0.717. The molecule has 1 aliphatic rings. The highest BCUT2D eigenvalue weighted by molar-refractivity contribution is 7.87.